The Balaban J connectivity index is 2.79. The molecule has 0 spiro atoms. The van der Waals surface area contributed by atoms with Gasteiger partial charge in [0.1, 0.15) is 21.5 Å². The van der Waals surface area contributed by atoms with E-state index in [4.69, 9.17) is 4.74 Å². The molecule has 0 unspecified atom stereocenters. The predicted octanol–water partition coefficient (Wildman–Crippen LogP) is 1.27. The molecule has 1 atom stereocenters. The fourth-order valence-electron chi connectivity index (χ4n) is 2.49. The molecule has 0 saturated carbocycles. The van der Waals surface area contributed by atoms with Crippen molar-refractivity contribution in [2.75, 3.05) is 7.11 Å². The number of thioether (sulfide) groups is 1. The Morgan fingerprint density at radius 2 is 1.81 bits per heavy atom. The van der Waals surface area contributed by atoms with E-state index < -0.39 is 22.5 Å². The molecule has 0 saturated heterocycles. The van der Waals surface area contributed by atoms with E-state index in [0.29, 0.717) is 17.3 Å². The molecular weight excluding hydrogens is 356 g/mol. The van der Waals surface area contributed by atoms with Gasteiger partial charge in [0.05, 0.1) is 7.11 Å². The van der Waals surface area contributed by atoms with Crippen LogP contribution in [0.4, 0.5) is 0 Å². The van der Waals surface area contributed by atoms with Crippen LogP contribution >= 0.6 is 11.8 Å². The Morgan fingerprint density at radius 3 is 2.35 bits per heavy atom. The average molecular weight is 380 g/mol. The number of nitrogens with zero attached hydrogens (tertiary/aromatic N) is 4. The normalized spacial score (nSPS) is 13.0. The number of methoxy groups -OCH3 is 1. The second-order valence-corrected chi connectivity index (χ2v) is 8.70. The number of fused-ring (bicyclic) bond motifs is 1. The fourth-order valence-corrected chi connectivity index (χ4v) is 3.47. The van der Waals surface area contributed by atoms with Gasteiger partial charge in [-0.05, 0) is 12.3 Å². The number of aromatic nitrogens is 4. The van der Waals surface area contributed by atoms with Gasteiger partial charge in [-0.25, -0.2) is 14.8 Å². The summed E-state index contributed by atoms with van der Waals surface area (Å²) in [5.41, 5.74) is -0.751. The summed E-state index contributed by atoms with van der Waals surface area (Å²) in [7, 11) is 4.28. The summed E-state index contributed by atoms with van der Waals surface area (Å²) in [6.45, 7) is 7.83. The molecule has 0 aliphatic heterocycles. The van der Waals surface area contributed by atoms with Crippen LogP contribution in [0.3, 0.4) is 0 Å². The molecule has 9 heteroatoms. The predicted molar refractivity (Wildman–Crippen MR) is 101 cm³/mol. The summed E-state index contributed by atoms with van der Waals surface area (Å²) >= 11 is 1.13. The summed E-state index contributed by atoms with van der Waals surface area (Å²) in [6.07, 6.45) is 0.562. The molecule has 0 radical (unpaired) electrons. The standard InChI is InChI=1S/C17H24N4O4S/c1-9(15(23)25-7)26-13-11-12(18-10(19-13)8-17(2,3)4)20(5)16(24)21(6)14(11)22/h9H,8H2,1-7H3/t9-/m1/s1. The number of hydrogen-bond donors (Lipinski definition) is 0. The number of hydrogen-bond acceptors (Lipinski definition) is 7. The first-order valence-corrected chi connectivity index (χ1v) is 9.05. The zero-order valence-corrected chi connectivity index (χ0v) is 16.9. The number of carbonyl (C=O) groups excluding carboxylic acids is 1. The highest BCUT2D eigenvalue weighted by Crippen LogP contribution is 2.28. The largest absolute Gasteiger partial charge is 0.468 e. The molecule has 142 valence electrons. The maximum atomic E-state index is 12.7. The van der Waals surface area contributed by atoms with Crippen molar-refractivity contribution in [3.05, 3.63) is 26.7 Å². The second-order valence-electron chi connectivity index (χ2n) is 7.37. The lowest BCUT2D eigenvalue weighted by Crippen LogP contribution is -2.38. The van der Waals surface area contributed by atoms with E-state index >= 15 is 0 Å². The summed E-state index contributed by atoms with van der Waals surface area (Å²) in [4.78, 5) is 45.8. The van der Waals surface area contributed by atoms with Gasteiger partial charge in [0, 0.05) is 20.5 Å². The number of carbonyl (C=O) groups is 1. The van der Waals surface area contributed by atoms with Gasteiger partial charge in [-0.1, -0.05) is 32.5 Å². The van der Waals surface area contributed by atoms with Crippen LogP contribution in [0, 0.1) is 5.41 Å². The lowest BCUT2D eigenvalue weighted by Gasteiger charge is -2.19. The number of rotatable bonds is 4. The van der Waals surface area contributed by atoms with Crippen LogP contribution in [-0.2, 0) is 30.0 Å². The Morgan fingerprint density at radius 1 is 1.19 bits per heavy atom. The van der Waals surface area contributed by atoms with Crippen molar-refractivity contribution in [2.45, 2.75) is 44.4 Å². The zero-order valence-electron chi connectivity index (χ0n) is 16.1. The van der Waals surface area contributed by atoms with E-state index in [1.165, 1.54) is 18.7 Å². The Bertz CT molecular complexity index is 972. The monoisotopic (exact) mass is 380 g/mol. The van der Waals surface area contributed by atoms with Gasteiger partial charge in [0.25, 0.3) is 5.56 Å². The van der Waals surface area contributed by atoms with Crippen LogP contribution in [-0.4, -0.2) is 37.4 Å². The molecule has 0 aliphatic rings. The summed E-state index contributed by atoms with van der Waals surface area (Å²) in [6, 6.07) is 0. The van der Waals surface area contributed by atoms with Crippen LogP contribution in [0.1, 0.15) is 33.5 Å². The lowest BCUT2D eigenvalue weighted by atomic mass is 9.92. The van der Waals surface area contributed by atoms with Crippen molar-refractivity contribution < 1.29 is 9.53 Å². The van der Waals surface area contributed by atoms with E-state index in [-0.39, 0.29) is 16.4 Å². The van der Waals surface area contributed by atoms with Gasteiger partial charge >= 0.3 is 11.7 Å². The molecular formula is C17H24N4O4S. The van der Waals surface area contributed by atoms with E-state index in [0.717, 1.165) is 16.3 Å². The Labute approximate surface area is 155 Å². The highest BCUT2D eigenvalue weighted by atomic mass is 32.2. The van der Waals surface area contributed by atoms with E-state index in [1.54, 1.807) is 14.0 Å². The highest BCUT2D eigenvalue weighted by molar-refractivity contribution is 8.00. The van der Waals surface area contributed by atoms with Crippen molar-refractivity contribution >= 4 is 28.8 Å². The maximum absolute atomic E-state index is 12.7. The van der Waals surface area contributed by atoms with Crippen LogP contribution in [0.25, 0.3) is 11.0 Å². The smallest absolute Gasteiger partial charge is 0.332 e. The summed E-state index contributed by atoms with van der Waals surface area (Å²) in [5, 5.41) is 0.0545. The van der Waals surface area contributed by atoms with Crippen LogP contribution in [0.2, 0.25) is 0 Å². The maximum Gasteiger partial charge on any atom is 0.332 e. The molecule has 0 aliphatic carbocycles. The third-order valence-electron chi connectivity index (χ3n) is 3.82. The second kappa shape index (κ2) is 7.22. The van der Waals surface area contributed by atoms with Crippen LogP contribution in [0.5, 0.6) is 0 Å². The van der Waals surface area contributed by atoms with Crippen molar-refractivity contribution in [3.8, 4) is 0 Å². The molecule has 0 amide bonds. The van der Waals surface area contributed by atoms with Gasteiger partial charge < -0.3 is 4.74 Å². The van der Waals surface area contributed by atoms with Crippen molar-refractivity contribution in [1.29, 1.82) is 0 Å². The molecule has 26 heavy (non-hydrogen) atoms. The van der Waals surface area contributed by atoms with E-state index in [1.807, 2.05) is 20.8 Å². The summed E-state index contributed by atoms with van der Waals surface area (Å²) < 4.78 is 7.11. The molecule has 0 N–H and O–H groups in total. The van der Waals surface area contributed by atoms with Crippen LogP contribution in [0.15, 0.2) is 14.6 Å². The molecule has 0 fully saturated rings. The molecule has 2 heterocycles. The molecule has 0 aromatic carbocycles. The first kappa shape index (κ1) is 20.2. The molecule has 2 rings (SSSR count). The number of aryl methyl sites for hydroxylation is 1. The number of esters is 1. The zero-order chi connectivity index (χ0) is 19.8. The molecule has 0 bridgehead atoms. The topological polar surface area (TPSA) is 96.1 Å². The minimum Gasteiger partial charge on any atom is -0.468 e. The van der Waals surface area contributed by atoms with Gasteiger partial charge in [-0.2, -0.15) is 0 Å². The SMILES string of the molecule is COC(=O)[C@@H](C)Sc1nc(CC(C)(C)C)nc2c1c(=O)n(C)c(=O)n2C. The number of ether oxygens (including phenoxy) is 1. The lowest BCUT2D eigenvalue weighted by molar-refractivity contribution is -0.139. The van der Waals surface area contributed by atoms with Crippen molar-refractivity contribution in [3.63, 3.8) is 0 Å². The van der Waals surface area contributed by atoms with Crippen LogP contribution < -0.4 is 11.2 Å². The van der Waals surface area contributed by atoms with E-state index in [2.05, 4.69) is 9.97 Å². The van der Waals surface area contributed by atoms with Gasteiger partial charge in [-0.3, -0.25) is 18.7 Å². The molecule has 2 aromatic rings. The quantitative estimate of drug-likeness (QED) is 0.448. The van der Waals surface area contributed by atoms with Crippen molar-refractivity contribution in [2.24, 2.45) is 19.5 Å². The first-order chi connectivity index (χ1) is 12.0. The third kappa shape index (κ3) is 3.98. The summed E-state index contributed by atoms with van der Waals surface area (Å²) in [5.74, 6) is 0.105. The Kier molecular flexibility index (Phi) is 5.60. The fraction of sp³-hybridized carbons (Fsp3) is 0.588. The average Bonchev–Trinajstić information content (AvgIpc) is 2.55. The van der Waals surface area contributed by atoms with E-state index in [9.17, 15) is 14.4 Å². The molecule has 2 aromatic heterocycles. The Hall–Kier alpha value is -2.16. The minimum absolute atomic E-state index is 0.0812. The molecule has 8 nitrogen and oxygen atoms in total. The van der Waals surface area contributed by atoms with Gasteiger partial charge in [-0.15, -0.1) is 0 Å². The first-order valence-electron chi connectivity index (χ1n) is 8.17. The van der Waals surface area contributed by atoms with Gasteiger partial charge in [0.2, 0.25) is 0 Å². The highest BCUT2D eigenvalue weighted by Gasteiger charge is 2.23. The minimum atomic E-state index is -0.553. The third-order valence-corrected chi connectivity index (χ3v) is 4.89. The van der Waals surface area contributed by atoms with Crippen molar-refractivity contribution in [1.82, 2.24) is 19.1 Å². The van der Waals surface area contributed by atoms with Gasteiger partial charge in [0.15, 0.2) is 5.65 Å².